The average molecular weight is 309 g/mol. The van der Waals surface area contributed by atoms with Gasteiger partial charge in [0.1, 0.15) is 5.52 Å². The molecule has 0 aliphatic heterocycles. The van der Waals surface area contributed by atoms with Gasteiger partial charge in [-0.1, -0.05) is 12.1 Å². The number of hydrogen-bond acceptors (Lipinski definition) is 4. The number of carbonyl (C=O) groups is 1. The molecule has 0 saturated heterocycles. The monoisotopic (exact) mass is 309 g/mol. The van der Waals surface area contributed by atoms with Crippen LogP contribution in [0.5, 0.6) is 0 Å². The number of benzene rings is 1. The molecule has 3 rings (SSSR count). The lowest BCUT2D eigenvalue weighted by Crippen LogP contribution is -2.19. The Kier molecular flexibility index (Phi) is 3.97. The van der Waals surface area contributed by atoms with Gasteiger partial charge >= 0.3 is 0 Å². The smallest absolute Gasteiger partial charge is 0.251 e. The van der Waals surface area contributed by atoms with Crippen molar-refractivity contribution in [2.45, 2.75) is 13.5 Å². The van der Waals surface area contributed by atoms with Crippen LogP contribution in [0, 0.1) is 6.92 Å². The first-order valence-corrected chi connectivity index (χ1v) is 7.41. The third-order valence-corrected chi connectivity index (χ3v) is 3.72. The average Bonchev–Trinajstić information content (AvgIpc) is 2.94. The number of rotatable bonds is 4. The molecule has 2 heterocycles. The second-order valence-corrected chi connectivity index (χ2v) is 5.50. The molecular weight excluding hydrogens is 290 g/mol. The molecule has 6 nitrogen and oxygen atoms in total. The predicted octanol–water partition coefficient (Wildman–Crippen LogP) is 2.03. The number of fused-ring (bicyclic) bond motifs is 1. The van der Waals surface area contributed by atoms with E-state index in [1.165, 1.54) is 0 Å². The lowest BCUT2D eigenvalue weighted by atomic mass is 10.1. The molecule has 0 aliphatic rings. The Morgan fingerprint density at radius 1 is 1.30 bits per heavy atom. The fourth-order valence-electron chi connectivity index (χ4n) is 2.58. The van der Waals surface area contributed by atoms with E-state index in [0.29, 0.717) is 12.1 Å². The minimum absolute atomic E-state index is 0.0777. The van der Waals surface area contributed by atoms with Crippen molar-refractivity contribution >= 4 is 17.2 Å². The van der Waals surface area contributed by atoms with Crippen molar-refractivity contribution in [3.05, 3.63) is 59.5 Å². The molecule has 1 aromatic carbocycles. The van der Waals surface area contributed by atoms with Crippen LogP contribution in [-0.2, 0) is 6.54 Å². The summed E-state index contributed by atoms with van der Waals surface area (Å²) in [6, 6.07) is 9.61. The van der Waals surface area contributed by atoms with Crippen LogP contribution in [0.4, 0.5) is 5.82 Å². The number of aryl methyl sites for hydroxylation is 1. The second kappa shape index (κ2) is 6.08. The molecule has 23 heavy (non-hydrogen) atoms. The van der Waals surface area contributed by atoms with Gasteiger partial charge in [0.05, 0.1) is 5.69 Å². The molecule has 0 spiro atoms. The van der Waals surface area contributed by atoms with Gasteiger partial charge in [0.15, 0.2) is 5.82 Å². The number of hydrogen-bond donors (Lipinski definition) is 1. The van der Waals surface area contributed by atoms with E-state index < -0.39 is 0 Å². The molecule has 0 atom stereocenters. The van der Waals surface area contributed by atoms with E-state index in [2.05, 4.69) is 20.3 Å². The molecule has 3 aromatic rings. The number of anilines is 1. The summed E-state index contributed by atoms with van der Waals surface area (Å²) in [5, 5.41) is 7.03. The molecule has 118 valence electrons. The highest BCUT2D eigenvalue weighted by atomic mass is 16.1. The number of amides is 1. The van der Waals surface area contributed by atoms with E-state index in [1.54, 1.807) is 13.2 Å². The first-order chi connectivity index (χ1) is 11.1. The molecule has 0 aliphatic carbocycles. The van der Waals surface area contributed by atoms with Gasteiger partial charge in [-0.05, 0) is 30.7 Å². The third-order valence-electron chi connectivity index (χ3n) is 3.72. The van der Waals surface area contributed by atoms with Crippen molar-refractivity contribution in [1.82, 2.24) is 19.9 Å². The molecule has 2 aromatic heterocycles. The van der Waals surface area contributed by atoms with Crippen LogP contribution < -0.4 is 10.2 Å². The zero-order valence-electron chi connectivity index (χ0n) is 13.4. The predicted molar refractivity (Wildman–Crippen MR) is 89.7 cm³/mol. The van der Waals surface area contributed by atoms with Gasteiger partial charge in [-0.3, -0.25) is 4.79 Å². The highest BCUT2D eigenvalue weighted by Gasteiger charge is 2.11. The fraction of sp³-hybridized carbons (Fsp3) is 0.235. The zero-order valence-corrected chi connectivity index (χ0v) is 13.4. The van der Waals surface area contributed by atoms with E-state index in [9.17, 15) is 4.79 Å². The Balaban J connectivity index is 1.83. The van der Waals surface area contributed by atoms with E-state index in [0.717, 1.165) is 22.6 Å². The summed E-state index contributed by atoms with van der Waals surface area (Å²) in [4.78, 5) is 18.1. The Bertz CT molecular complexity index is 838. The normalized spacial score (nSPS) is 10.7. The van der Waals surface area contributed by atoms with Crippen LogP contribution >= 0.6 is 0 Å². The minimum Gasteiger partial charge on any atom is -0.355 e. The summed E-state index contributed by atoms with van der Waals surface area (Å²) in [5.41, 5.74) is 3.71. The van der Waals surface area contributed by atoms with Gasteiger partial charge in [-0.2, -0.15) is 5.10 Å². The minimum atomic E-state index is -0.0777. The highest BCUT2D eigenvalue weighted by molar-refractivity contribution is 5.93. The third kappa shape index (κ3) is 3.01. The summed E-state index contributed by atoms with van der Waals surface area (Å²) in [6.07, 6.45) is 3.60. The topological polar surface area (TPSA) is 62.5 Å². The van der Waals surface area contributed by atoms with Crippen molar-refractivity contribution in [3.8, 4) is 0 Å². The summed E-state index contributed by atoms with van der Waals surface area (Å²) < 4.78 is 1.84. The van der Waals surface area contributed by atoms with Crippen LogP contribution in [-0.4, -0.2) is 34.6 Å². The molecule has 1 N–H and O–H groups in total. The van der Waals surface area contributed by atoms with Crippen LogP contribution in [0.2, 0.25) is 0 Å². The van der Waals surface area contributed by atoms with Gasteiger partial charge < -0.3 is 10.2 Å². The van der Waals surface area contributed by atoms with E-state index in [4.69, 9.17) is 0 Å². The summed E-state index contributed by atoms with van der Waals surface area (Å²) in [7, 11) is 3.63. The Hall–Kier alpha value is -2.89. The standard InChI is InChI=1S/C17H19N5O/c1-12-10-15-16(19-8-9-22(15)20-12)21(3)11-13-4-6-14(7-5-13)17(23)18-2/h4-10H,11H2,1-3H3,(H,18,23). The molecule has 1 amide bonds. The maximum atomic E-state index is 11.6. The van der Waals surface area contributed by atoms with E-state index in [1.807, 2.05) is 55.0 Å². The molecule has 0 radical (unpaired) electrons. The van der Waals surface area contributed by atoms with Crippen LogP contribution in [0.15, 0.2) is 42.7 Å². The second-order valence-electron chi connectivity index (χ2n) is 5.50. The maximum Gasteiger partial charge on any atom is 0.251 e. The van der Waals surface area contributed by atoms with Gasteiger partial charge in [-0.15, -0.1) is 0 Å². The van der Waals surface area contributed by atoms with Crippen LogP contribution in [0.1, 0.15) is 21.6 Å². The Morgan fingerprint density at radius 2 is 2.04 bits per heavy atom. The molecule has 0 saturated carbocycles. The Morgan fingerprint density at radius 3 is 2.74 bits per heavy atom. The van der Waals surface area contributed by atoms with Crippen LogP contribution in [0.3, 0.4) is 0 Å². The quantitative estimate of drug-likeness (QED) is 0.801. The fourth-order valence-corrected chi connectivity index (χ4v) is 2.58. The molecule has 6 heteroatoms. The largest absolute Gasteiger partial charge is 0.355 e. The molecule has 0 fully saturated rings. The van der Waals surface area contributed by atoms with E-state index in [-0.39, 0.29) is 5.91 Å². The SMILES string of the molecule is CNC(=O)c1ccc(CN(C)c2nccn3nc(C)cc23)cc1. The highest BCUT2D eigenvalue weighted by Crippen LogP contribution is 2.20. The Labute approximate surface area is 134 Å². The summed E-state index contributed by atoms with van der Waals surface area (Å²) in [5.74, 6) is 0.801. The maximum absolute atomic E-state index is 11.6. The van der Waals surface area contributed by atoms with Crippen molar-refractivity contribution in [3.63, 3.8) is 0 Å². The van der Waals surface area contributed by atoms with E-state index >= 15 is 0 Å². The lowest BCUT2D eigenvalue weighted by molar-refractivity contribution is 0.0963. The number of carbonyl (C=O) groups excluding carboxylic acids is 1. The van der Waals surface area contributed by atoms with Crippen molar-refractivity contribution in [2.75, 3.05) is 19.0 Å². The summed E-state index contributed by atoms with van der Waals surface area (Å²) >= 11 is 0. The van der Waals surface area contributed by atoms with Gasteiger partial charge in [0.2, 0.25) is 0 Å². The van der Waals surface area contributed by atoms with Crippen molar-refractivity contribution in [1.29, 1.82) is 0 Å². The van der Waals surface area contributed by atoms with Gasteiger partial charge in [-0.25, -0.2) is 9.50 Å². The van der Waals surface area contributed by atoms with Crippen LogP contribution in [0.25, 0.3) is 5.52 Å². The number of nitrogens with one attached hydrogen (secondary N) is 1. The molecule has 0 bridgehead atoms. The lowest BCUT2D eigenvalue weighted by Gasteiger charge is -2.19. The van der Waals surface area contributed by atoms with Gasteiger partial charge in [0.25, 0.3) is 5.91 Å². The van der Waals surface area contributed by atoms with Gasteiger partial charge in [0, 0.05) is 38.6 Å². The van der Waals surface area contributed by atoms with Crippen molar-refractivity contribution in [2.24, 2.45) is 0 Å². The van der Waals surface area contributed by atoms with Crippen molar-refractivity contribution < 1.29 is 4.79 Å². The molecular formula is C17H19N5O. The zero-order chi connectivity index (χ0) is 16.4. The number of nitrogens with zero attached hydrogens (tertiary/aromatic N) is 4. The summed E-state index contributed by atoms with van der Waals surface area (Å²) in [6.45, 7) is 2.67. The first-order valence-electron chi connectivity index (χ1n) is 7.41. The number of aromatic nitrogens is 3. The molecule has 0 unspecified atom stereocenters. The first kappa shape index (κ1) is 15.0.